The molecule has 0 fully saturated rings. The summed E-state index contributed by atoms with van der Waals surface area (Å²) in [5.41, 5.74) is 1.90. The molecule has 4 aromatic rings. The molecule has 13 heteroatoms. The highest BCUT2D eigenvalue weighted by Gasteiger charge is 2.44. The first-order valence-corrected chi connectivity index (χ1v) is 10.7. The summed E-state index contributed by atoms with van der Waals surface area (Å²) in [7, 11) is 1.62. The van der Waals surface area contributed by atoms with E-state index in [4.69, 9.17) is 27.9 Å². The van der Waals surface area contributed by atoms with Crippen molar-refractivity contribution in [2.75, 3.05) is 23.9 Å². The highest BCUT2D eigenvalue weighted by atomic mass is 35.5. The molecule has 1 atom stereocenters. The first-order chi connectivity index (χ1) is 15.8. The first kappa shape index (κ1) is 21.6. The topological polar surface area (TPSA) is 115 Å². The van der Waals surface area contributed by atoms with Crippen LogP contribution in [0, 0.1) is 0 Å². The van der Waals surface area contributed by atoms with E-state index in [1.54, 1.807) is 34.9 Å². The van der Waals surface area contributed by atoms with E-state index in [0.29, 0.717) is 34.5 Å². The summed E-state index contributed by atoms with van der Waals surface area (Å²) in [5, 5.41) is 15.9. The third-order valence-electron chi connectivity index (χ3n) is 5.70. The van der Waals surface area contributed by atoms with E-state index in [-0.39, 0.29) is 11.1 Å². The molecule has 1 aliphatic heterocycles. The van der Waals surface area contributed by atoms with E-state index < -0.39 is 11.4 Å². The zero-order valence-corrected chi connectivity index (χ0v) is 19.4. The number of hydrogen-bond donors (Lipinski definition) is 1. The van der Waals surface area contributed by atoms with Crippen LogP contribution >= 0.6 is 23.2 Å². The van der Waals surface area contributed by atoms with Crippen LogP contribution < -0.4 is 10.2 Å². The fourth-order valence-corrected chi connectivity index (χ4v) is 4.48. The van der Waals surface area contributed by atoms with Crippen LogP contribution in [0.5, 0.6) is 0 Å². The third kappa shape index (κ3) is 3.58. The fourth-order valence-electron chi connectivity index (χ4n) is 4.07. The second-order valence-electron chi connectivity index (χ2n) is 8.06. The summed E-state index contributed by atoms with van der Waals surface area (Å²) in [6, 6.07) is 2.86. The van der Waals surface area contributed by atoms with Crippen molar-refractivity contribution in [1.29, 1.82) is 0 Å². The summed E-state index contributed by atoms with van der Waals surface area (Å²) in [5.74, 6) is 0.353. The number of hydrogen-bond acceptors (Lipinski definition) is 7. The van der Waals surface area contributed by atoms with Gasteiger partial charge in [0.15, 0.2) is 16.6 Å². The number of methoxy groups -OCH3 is 1. The van der Waals surface area contributed by atoms with Gasteiger partial charge in [-0.1, -0.05) is 37.0 Å². The van der Waals surface area contributed by atoms with Gasteiger partial charge in [-0.25, -0.2) is 19.3 Å². The zero-order chi connectivity index (χ0) is 23.3. The van der Waals surface area contributed by atoms with Crippen molar-refractivity contribution in [1.82, 2.24) is 34.6 Å². The molecule has 0 saturated carbocycles. The minimum atomic E-state index is -0.472. The van der Waals surface area contributed by atoms with Gasteiger partial charge in [0, 0.05) is 18.6 Å². The Morgan fingerprint density at radius 3 is 2.64 bits per heavy atom. The smallest absolute Gasteiger partial charge is 0.326 e. The molecule has 11 nitrogen and oxygen atoms in total. The van der Waals surface area contributed by atoms with Crippen molar-refractivity contribution in [2.45, 2.75) is 25.4 Å². The van der Waals surface area contributed by atoms with Crippen LogP contribution in [-0.2, 0) is 10.2 Å². The first-order valence-electron chi connectivity index (χ1n) is 9.98. The van der Waals surface area contributed by atoms with E-state index in [1.807, 2.05) is 13.8 Å². The van der Waals surface area contributed by atoms with Gasteiger partial charge in [0.2, 0.25) is 0 Å². The number of ether oxygens (including phenoxy) is 1. The lowest BCUT2D eigenvalue weighted by atomic mass is 9.78. The number of amides is 2. The summed E-state index contributed by atoms with van der Waals surface area (Å²) in [6.07, 6.45) is 5.87. The SMILES string of the molecule is COC1CN(C(=O)Nc2cnc(-n3nccn3)c(Cl)c2)c2cnc3cc(Cl)nn3c2C1(C)C. The van der Waals surface area contributed by atoms with E-state index in [1.165, 1.54) is 23.4 Å². The van der Waals surface area contributed by atoms with Crippen molar-refractivity contribution in [3.8, 4) is 5.82 Å². The maximum absolute atomic E-state index is 13.3. The molecule has 1 N–H and O–H groups in total. The molecule has 2 amide bonds. The predicted octanol–water partition coefficient (Wildman–Crippen LogP) is 3.36. The molecule has 170 valence electrons. The summed E-state index contributed by atoms with van der Waals surface area (Å²) >= 11 is 12.5. The van der Waals surface area contributed by atoms with E-state index in [9.17, 15) is 4.79 Å². The third-order valence-corrected chi connectivity index (χ3v) is 6.16. The van der Waals surface area contributed by atoms with Gasteiger partial charge in [0.1, 0.15) is 0 Å². The van der Waals surface area contributed by atoms with Crippen LogP contribution in [0.15, 0.2) is 36.9 Å². The van der Waals surface area contributed by atoms with Crippen LogP contribution in [0.1, 0.15) is 19.5 Å². The largest absolute Gasteiger partial charge is 0.379 e. The van der Waals surface area contributed by atoms with Gasteiger partial charge in [-0.3, -0.25) is 4.90 Å². The lowest BCUT2D eigenvalue weighted by molar-refractivity contribution is 0.0450. The Balaban J connectivity index is 1.51. The normalized spacial score (nSPS) is 17.2. The number of pyridine rings is 1. The monoisotopic (exact) mass is 487 g/mol. The quantitative estimate of drug-likeness (QED) is 0.470. The molecule has 33 heavy (non-hydrogen) atoms. The van der Waals surface area contributed by atoms with Crippen molar-refractivity contribution < 1.29 is 9.53 Å². The number of fused-ring (bicyclic) bond motifs is 3. The average molecular weight is 488 g/mol. The van der Waals surface area contributed by atoms with Gasteiger partial charge in [0.25, 0.3) is 0 Å². The number of urea groups is 1. The van der Waals surface area contributed by atoms with Crippen LogP contribution in [0.4, 0.5) is 16.2 Å². The molecule has 0 bridgehead atoms. The predicted molar refractivity (Wildman–Crippen MR) is 122 cm³/mol. The van der Waals surface area contributed by atoms with Gasteiger partial charge in [0.05, 0.1) is 59.5 Å². The summed E-state index contributed by atoms with van der Waals surface area (Å²) in [6.45, 7) is 4.38. The number of aromatic nitrogens is 7. The van der Waals surface area contributed by atoms with Gasteiger partial charge >= 0.3 is 6.03 Å². The second kappa shape index (κ2) is 7.94. The summed E-state index contributed by atoms with van der Waals surface area (Å²) < 4.78 is 7.42. The maximum Gasteiger partial charge on any atom is 0.326 e. The number of nitrogens with one attached hydrogen (secondary N) is 1. The summed E-state index contributed by atoms with van der Waals surface area (Å²) in [4.78, 5) is 24.9. The van der Waals surface area contributed by atoms with E-state index in [0.717, 1.165) is 5.69 Å². The van der Waals surface area contributed by atoms with Crippen LogP contribution in [0.25, 0.3) is 11.5 Å². The molecule has 4 aromatic heterocycles. The number of carbonyl (C=O) groups is 1. The molecule has 1 unspecified atom stereocenters. The minimum Gasteiger partial charge on any atom is -0.379 e. The van der Waals surface area contributed by atoms with Crippen LogP contribution in [0.2, 0.25) is 10.2 Å². The molecule has 0 radical (unpaired) electrons. The standard InChI is InChI=1S/C20H19Cl2N9O2/c1-20(2)14(33-3)10-29(13-9-23-16-7-15(22)28-30(16)17(13)20)19(32)27-11-6-12(21)18(24-8-11)31-25-4-5-26-31/h4-9,14H,10H2,1-3H3,(H,27,32). The molecule has 5 heterocycles. The van der Waals surface area contributed by atoms with Gasteiger partial charge in [-0.05, 0) is 6.07 Å². The zero-order valence-electron chi connectivity index (χ0n) is 17.9. The van der Waals surface area contributed by atoms with Gasteiger partial charge in [-0.15, -0.1) is 4.80 Å². The van der Waals surface area contributed by atoms with Crippen molar-refractivity contribution in [2.24, 2.45) is 0 Å². The number of rotatable bonds is 3. The Bertz CT molecular complexity index is 1350. The fraction of sp³-hybridized carbons (Fsp3) is 0.300. The Hall–Kier alpha value is -3.28. The highest BCUT2D eigenvalue weighted by molar-refractivity contribution is 6.32. The second-order valence-corrected chi connectivity index (χ2v) is 8.86. The van der Waals surface area contributed by atoms with Crippen molar-refractivity contribution in [3.05, 3.63) is 52.8 Å². The molecule has 5 rings (SSSR count). The Morgan fingerprint density at radius 1 is 1.18 bits per heavy atom. The molecular weight excluding hydrogens is 469 g/mol. The lowest BCUT2D eigenvalue weighted by Crippen LogP contribution is -2.53. The maximum atomic E-state index is 13.3. The van der Waals surface area contributed by atoms with Crippen molar-refractivity contribution in [3.63, 3.8) is 0 Å². The molecule has 0 saturated heterocycles. The number of carbonyl (C=O) groups excluding carboxylic acids is 1. The number of nitrogens with zero attached hydrogens (tertiary/aromatic N) is 8. The van der Waals surface area contributed by atoms with E-state index in [2.05, 4.69) is 30.6 Å². The van der Waals surface area contributed by atoms with Crippen molar-refractivity contribution >= 4 is 46.3 Å². The average Bonchev–Trinajstić information content (AvgIpc) is 3.42. The Labute approximate surface area is 198 Å². The van der Waals surface area contributed by atoms with Gasteiger partial charge in [-0.2, -0.15) is 15.3 Å². The van der Waals surface area contributed by atoms with Crippen LogP contribution in [0.3, 0.4) is 0 Å². The minimum absolute atomic E-state index is 0.286. The molecular formula is C20H19Cl2N9O2. The molecule has 0 aromatic carbocycles. The van der Waals surface area contributed by atoms with E-state index >= 15 is 0 Å². The van der Waals surface area contributed by atoms with Gasteiger partial charge < -0.3 is 10.1 Å². The molecule has 1 aliphatic rings. The Kier molecular flexibility index (Phi) is 5.19. The highest BCUT2D eigenvalue weighted by Crippen LogP contribution is 2.41. The lowest BCUT2D eigenvalue weighted by Gasteiger charge is -2.43. The number of anilines is 2. The Morgan fingerprint density at radius 2 is 1.94 bits per heavy atom. The molecule has 0 spiro atoms. The molecule has 0 aliphatic carbocycles. The van der Waals surface area contributed by atoms with Crippen LogP contribution in [-0.4, -0.2) is 60.4 Å². The number of halogens is 2.